The summed E-state index contributed by atoms with van der Waals surface area (Å²) in [5, 5.41) is 4.04. The van der Waals surface area contributed by atoms with Crippen LogP contribution in [0.2, 0.25) is 0 Å². The monoisotopic (exact) mass is 216 g/mol. The van der Waals surface area contributed by atoms with Crippen LogP contribution in [-0.2, 0) is 0 Å². The molecule has 0 bridgehead atoms. The van der Waals surface area contributed by atoms with Crippen LogP contribution in [0.3, 0.4) is 0 Å². The molecule has 1 unspecified atom stereocenters. The predicted octanol–water partition coefficient (Wildman–Crippen LogP) is 3.73. The van der Waals surface area contributed by atoms with Crippen LogP contribution in [0, 0.1) is 0 Å². The summed E-state index contributed by atoms with van der Waals surface area (Å²) < 4.78 is 0. The molecular weight excluding hydrogens is 204 g/mol. The van der Waals surface area contributed by atoms with Crippen LogP contribution in [0.15, 0.2) is 47.2 Å². The Kier molecular flexibility index (Phi) is 2.97. The maximum atomic E-state index is 12.0. The van der Waals surface area contributed by atoms with Crippen molar-refractivity contribution in [3.63, 3.8) is 0 Å². The fourth-order valence-corrected chi connectivity index (χ4v) is 2.28. The highest BCUT2D eigenvalue weighted by molar-refractivity contribution is 7.08. The minimum absolute atomic E-state index is 0.0429. The van der Waals surface area contributed by atoms with E-state index >= 15 is 0 Å². The van der Waals surface area contributed by atoms with E-state index in [1.54, 1.807) is 11.3 Å². The number of carbonyl (C=O) groups is 1. The zero-order valence-corrected chi connectivity index (χ0v) is 9.33. The van der Waals surface area contributed by atoms with Crippen molar-refractivity contribution in [2.24, 2.45) is 0 Å². The molecule has 1 heterocycles. The van der Waals surface area contributed by atoms with Gasteiger partial charge in [-0.15, -0.1) is 0 Å². The summed E-state index contributed by atoms with van der Waals surface area (Å²) in [6.07, 6.45) is 0. The Morgan fingerprint density at radius 3 is 2.53 bits per heavy atom. The van der Waals surface area contributed by atoms with Crippen molar-refractivity contribution in [3.8, 4) is 0 Å². The van der Waals surface area contributed by atoms with E-state index in [9.17, 15) is 4.79 Å². The zero-order valence-electron chi connectivity index (χ0n) is 8.51. The van der Waals surface area contributed by atoms with E-state index in [4.69, 9.17) is 0 Å². The standard InChI is InChI=1S/C13H12OS/c1-10(12-7-8-15-9-12)13(14)11-5-3-2-4-6-11/h2-10H,1H3. The van der Waals surface area contributed by atoms with E-state index in [2.05, 4.69) is 0 Å². The number of thiophene rings is 1. The van der Waals surface area contributed by atoms with Crippen LogP contribution in [0.4, 0.5) is 0 Å². The van der Waals surface area contributed by atoms with Crippen molar-refractivity contribution in [2.45, 2.75) is 12.8 Å². The first-order valence-corrected chi connectivity index (χ1v) is 5.84. The molecule has 2 aromatic rings. The lowest BCUT2D eigenvalue weighted by molar-refractivity contribution is 0.0966. The first kappa shape index (κ1) is 10.1. The second kappa shape index (κ2) is 4.41. The largest absolute Gasteiger partial charge is 0.294 e. The first-order valence-electron chi connectivity index (χ1n) is 4.90. The minimum atomic E-state index is -0.0429. The summed E-state index contributed by atoms with van der Waals surface area (Å²) in [5.41, 5.74) is 1.89. The lowest BCUT2D eigenvalue weighted by atomic mass is 9.94. The van der Waals surface area contributed by atoms with Gasteiger partial charge in [0, 0.05) is 11.5 Å². The van der Waals surface area contributed by atoms with Crippen molar-refractivity contribution >= 4 is 17.1 Å². The summed E-state index contributed by atoms with van der Waals surface area (Å²) in [6, 6.07) is 11.5. The number of hydrogen-bond acceptors (Lipinski definition) is 2. The topological polar surface area (TPSA) is 17.1 Å². The van der Waals surface area contributed by atoms with Gasteiger partial charge in [0.1, 0.15) is 0 Å². The predicted molar refractivity (Wildman–Crippen MR) is 63.5 cm³/mol. The van der Waals surface area contributed by atoms with Gasteiger partial charge in [0.2, 0.25) is 0 Å². The highest BCUT2D eigenvalue weighted by Crippen LogP contribution is 2.22. The molecule has 0 saturated heterocycles. The lowest BCUT2D eigenvalue weighted by Crippen LogP contribution is -2.08. The molecule has 0 spiro atoms. The Balaban J connectivity index is 2.23. The van der Waals surface area contributed by atoms with Crippen LogP contribution < -0.4 is 0 Å². The molecule has 0 saturated carbocycles. The highest BCUT2D eigenvalue weighted by atomic mass is 32.1. The molecule has 1 nitrogen and oxygen atoms in total. The average Bonchev–Trinajstić information content (AvgIpc) is 2.82. The van der Waals surface area contributed by atoms with E-state index in [0.717, 1.165) is 11.1 Å². The summed E-state index contributed by atoms with van der Waals surface area (Å²) in [5.74, 6) is 0.146. The number of ketones is 1. The molecule has 0 aliphatic heterocycles. The van der Waals surface area contributed by atoms with Crippen molar-refractivity contribution in [1.82, 2.24) is 0 Å². The van der Waals surface area contributed by atoms with Gasteiger partial charge in [0.05, 0.1) is 0 Å². The quantitative estimate of drug-likeness (QED) is 0.714. The molecule has 0 radical (unpaired) electrons. The van der Waals surface area contributed by atoms with Crippen molar-refractivity contribution in [1.29, 1.82) is 0 Å². The van der Waals surface area contributed by atoms with Gasteiger partial charge in [0.15, 0.2) is 5.78 Å². The van der Waals surface area contributed by atoms with Crippen LogP contribution >= 0.6 is 11.3 Å². The first-order chi connectivity index (χ1) is 7.29. The second-order valence-corrected chi connectivity index (χ2v) is 4.29. The molecule has 1 atom stereocenters. The molecule has 0 amide bonds. The van der Waals surface area contributed by atoms with Gasteiger partial charge in [-0.25, -0.2) is 0 Å². The SMILES string of the molecule is CC(C(=O)c1ccccc1)c1ccsc1. The fourth-order valence-electron chi connectivity index (χ4n) is 1.53. The molecule has 1 aromatic carbocycles. The molecule has 0 aliphatic rings. The van der Waals surface area contributed by atoms with Crippen LogP contribution in [0.25, 0.3) is 0 Å². The lowest BCUT2D eigenvalue weighted by Gasteiger charge is -2.08. The molecule has 0 N–H and O–H groups in total. The van der Waals surface area contributed by atoms with Crippen molar-refractivity contribution < 1.29 is 4.79 Å². The summed E-state index contributed by atoms with van der Waals surface area (Å²) in [4.78, 5) is 12.0. The molecule has 0 fully saturated rings. The van der Waals surface area contributed by atoms with E-state index in [1.807, 2.05) is 54.1 Å². The summed E-state index contributed by atoms with van der Waals surface area (Å²) in [6.45, 7) is 1.96. The van der Waals surface area contributed by atoms with Gasteiger partial charge in [-0.2, -0.15) is 11.3 Å². The zero-order chi connectivity index (χ0) is 10.7. The molecule has 2 rings (SSSR count). The van der Waals surface area contributed by atoms with Gasteiger partial charge in [-0.05, 0) is 22.4 Å². The Labute approximate surface area is 93.4 Å². The number of Topliss-reactive ketones (excluding diaryl/α,β-unsaturated/α-hetero) is 1. The number of rotatable bonds is 3. The number of carbonyl (C=O) groups excluding carboxylic acids is 1. The Hall–Kier alpha value is -1.41. The maximum absolute atomic E-state index is 12.0. The Bertz CT molecular complexity index is 431. The molecule has 15 heavy (non-hydrogen) atoms. The summed E-state index contributed by atoms with van der Waals surface area (Å²) in [7, 11) is 0. The molecular formula is C13H12OS. The molecule has 1 aromatic heterocycles. The molecule has 2 heteroatoms. The van der Waals surface area contributed by atoms with E-state index in [0.29, 0.717) is 0 Å². The average molecular weight is 216 g/mol. The van der Waals surface area contributed by atoms with Crippen LogP contribution in [-0.4, -0.2) is 5.78 Å². The number of hydrogen-bond donors (Lipinski definition) is 0. The number of benzene rings is 1. The normalized spacial score (nSPS) is 12.3. The minimum Gasteiger partial charge on any atom is -0.294 e. The van der Waals surface area contributed by atoms with E-state index in [-0.39, 0.29) is 11.7 Å². The third kappa shape index (κ3) is 2.16. The van der Waals surface area contributed by atoms with Gasteiger partial charge in [0.25, 0.3) is 0 Å². The Morgan fingerprint density at radius 1 is 1.20 bits per heavy atom. The van der Waals surface area contributed by atoms with Crippen LogP contribution in [0.1, 0.15) is 28.8 Å². The van der Waals surface area contributed by atoms with Gasteiger partial charge in [-0.3, -0.25) is 4.79 Å². The van der Waals surface area contributed by atoms with Gasteiger partial charge in [-0.1, -0.05) is 37.3 Å². The molecule has 76 valence electrons. The van der Waals surface area contributed by atoms with E-state index < -0.39 is 0 Å². The Morgan fingerprint density at radius 2 is 1.93 bits per heavy atom. The summed E-state index contributed by atoms with van der Waals surface area (Å²) >= 11 is 1.63. The van der Waals surface area contributed by atoms with Gasteiger partial charge >= 0.3 is 0 Å². The second-order valence-electron chi connectivity index (χ2n) is 3.51. The highest BCUT2D eigenvalue weighted by Gasteiger charge is 2.16. The van der Waals surface area contributed by atoms with Crippen LogP contribution in [0.5, 0.6) is 0 Å². The smallest absolute Gasteiger partial charge is 0.170 e. The fraction of sp³-hybridized carbons (Fsp3) is 0.154. The maximum Gasteiger partial charge on any atom is 0.170 e. The van der Waals surface area contributed by atoms with Gasteiger partial charge < -0.3 is 0 Å². The molecule has 0 aliphatic carbocycles. The third-order valence-corrected chi connectivity index (χ3v) is 3.20. The van der Waals surface area contributed by atoms with Crippen molar-refractivity contribution in [3.05, 3.63) is 58.3 Å². The van der Waals surface area contributed by atoms with Crippen molar-refractivity contribution in [2.75, 3.05) is 0 Å². The van der Waals surface area contributed by atoms with E-state index in [1.165, 1.54) is 0 Å². The third-order valence-electron chi connectivity index (χ3n) is 2.49.